The minimum Gasteiger partial charge on any atom is -0.457 e. The van der Waals surface area contributed by atoms with Crippen molar-refractivity contribution in [2.75, 3.05) is 11.1 Å². The van der Waals surface area contributed by atoms with Crippen LogP contribution in [0.25, 0.3) is 0 Å². The highest BCUT2D eigenvalue weighted by Crippen LogP contribution is 2.30. The van der Waals surface area contributed by atoms with Gasteiger partial charge < -0.3 is 15.0 Å². The molecular weight excluding hydrogens is 428 g/mol. The van der Waals surface area contributed by atoms with Gasteiger partial charge in [-0.15, -0.1) is 10.2 Å². The van der Waals surface area contributed by atoms with Crippen LogP contribution < -0.4 is 10.1 Å². The van der Waals surface area contributed by atoms with Gasteiger partial charge in [0.2, 0.25) is 11.0 Å². The highest BCUT2D eigenvalue weighted by molar-refractivity contribution is 8.01. The molecule has 6 nitrogen and oxygen atoms in total. The number of likely N-dealkylation sites (tertiary alicyclic amines) is 1. The summed E-state index contributed by atoms with van der Waals surface area (Å²) < 4.78 is 6.60. The van der Waals surface area contributed by atoms with E-state index >= 15 is 0 Å². The van der Waals surface area contributed by atoms with E-state index in [4.69, 9.17) is 4.74 Å². The normalized spacial score (nSPS) is 18.6. The summed E-state index contributed by atoms with van der Waals surface area (Å²) >= 11 is 2.91. The minimum absolute atomic E-state index is 0.184. The Morgan fingerprint density at radius 3 is 2.45 bits per heavy atom. The number of aromatic nitrogens is 2. The molecule has 2 aromatic carbocycles. The molecule has 8 heteroatoms. The molecule has 2 atom stereocenters. The average Bonchev–Trinajstić information content (AvgIpc) is 3.22. The van der Waals surface area contributed by atoms with Crippen molar-refractivity contribution >= 4 is 39.8 Å². The predicted molar refractivity (Wildman–Crippen MR) is 126 cm³/mol. The van der Waals surface area contributed by atoms with Crippen LogP contribution in [0.4, 0.5) is 10.8 Å². The molecule has 1 aliphatic rings. The number of amides is 1. The number of carbonyl (C=O) groups is 1. The quantitative estimate of drug-likeness (QED) is 0.445. The number of nitrogens with zero attached hydrogens (tertiary/aromatic N) is 3. The third-order valence-electron chi connectivity index (χ3n) is 5.29. The van der Waals surface area contributed by atoms with Crippen LogP contribution in [-0.2, 0) is 4.79 Å². The molecule has 0 radical (unpaired) electrons. The largest absolute Gasteiger partial charge is 0.457 e. The number of hydrogen-bond acceptors (Lipinski definition) is 7. The smallest absolute Gasteiger partial charge is 0.233 e. The van der Waals surface area contributed by atoms with Crippen LogP contribution in [0.5, 0.6) is 11.5 Å². The number of rotatable bonds is 7. The van der Waals surface area contributed by atoms with Gasteiger partial charge in [0.05, 0.1) is 5.75 Å². The lowest BCUT2D eigenvalue weighted by atomic mass is 9.98. The van der Waals surface area contributed by atoms with Gasteiger partial charge in [-0.1, -0.05) is 41.3 Å². The first kappa shape index (κ1) is 21.6. The molecule has 0 saturated carbocycles. The van der Waals surface area contributed by atoms with E-state index in [1.165, 1.54) is 29.5 Å². The Morgan fingerprint density at radius 2 is 1.74 bits per heavy atom. The molecule has 1 aliphatic heterocycles. The zero-order valence-electron chi connectivity index (χ0n) is 17.7. The van der Waals surface area contributed by atoms with Crippen molar-refractivity contribution in [3.63, 3.8) is 0 Å². The fourth-order valence-electron chi connectivity index (χ4n) is 3.78. The van der Waals surface area contributed by atoms with Gasteiger partial charge in [0.25, 0.3) is 0 Å². The van der Waals surface area contributed by atoms with Crippen molar-refractivity contribution in [3.8, 4) is 11.5 Å². The van der Waals surface area contributed by atoms with Gasteiger partial charge in [0.1, 0.15) is 11.5 Å². The van der Waals surface area contributed by atoms with Crippen molar-refractivity contribution in [1.82, 2.24) is 15.1 Å². The number of para-hydroxylation sites is 1. The van der Waals surface area contributed by atoms with Gasteiger partial charge in [-0.2, -0.15) is 0 Å². The topological polar surface area (TPSA) is 67.4 Å². The molecular formula is C23H26N4O2S2. The van der Waals surface area contributed by atoms with Crippen LogP contribution in [0.2, 0.25) is 0 Å². The lowest BCUT2D eigenvalue weighted by Gasteiger charge is -2.39. The summed E-state index contributed by atoms with van der Waals surface area (Å²) in [5.41, 5.74) is 0.903. The van der Waals surface area contributed by atoms with Crippen LogP contribution in [0, 0.1) is 0 Å². The number of carbonyl (C=O) groups excluding carboxylic acids is 1. The highest BCUT2D eigenvalue weighted by Gasteiger charge is 2.28. The molecule has 0 bridgehead atoms. The molecule has 1 saturated heterocycles. The fourth-order valence-corrected chi connectivity index (χ4v) is 5.43. The minimum atomic E-state index is 0.184. The first-order chi connectivity index (χ1) is 15.1. The molecule has 1 aromatic heterocycles. The third-order valence-corrected chi connectivity index (χ3v) is 7.25. The Morgan fingerprint density at radius 1 is 1.06 bits per heavy atom. The monoisotopic (exact) mass is 454 g/mol. The van der Waals surface area contributed by atoms with E-state index in [0.29, 0.717) is 23.0 Å². The summed E-state index contributed by atoms with van der Waals surface area (Å²) in [5, 5.41) is 12.4. The molecule has 0 spiro atoms. The van der Waals surface area contributed by atoms with E-state index in [0.717, 1.165) is 34.4 Å². The molecule has 1 amide bonds. The second-order valence-corrected chi connectivity index (χ2v) is 9.86. The van der Waals surface area contributed by atoms with E-state index in [1.807, 2.05) is 59.5 Å². The summed E-state index contributed by atoms with van der Waals surface area (Å²) in [6.07, 6.45) is 3.37. The fraction of sp³-hybridized carbons (Fsp3) is 0.348. The van der Waals surface area contributed by atoms with Crippen LogP contribution >= 0.6 is 23.1 Å². The van der Waals surface area contributed by atoms with Gasteiger partial charge in [-0.25, -0.2) is 0 Å². The van der Waals surface area contributed by atoms with Crippen molar-refractivity contribution < 1.29 is 9.53 Å². The standard InChI is InChI=1S/C23H26N4O2S2/c1-16-7-6-8-17(2)27(16)21(28)15-30-23-26-25-22(31-23)24-18-11-13-20(14-12-18)29-19-9-4-3-5-10-19/h3-5,9-14,16-17H,6-8,15H2,1-2H3,(H,24,25). The number of benzene rings is 2. The molecule has 1 fully saturated rings. The maximum atomic E-state index is 12.7. The second-order valence-electron chi connectivity index (χ2n) is 7.66. The summed E-state index contributed by atoms with van der Waals surface area (Å²) in [5.74, 6) is 2.15. The zero-order valence-corrected chi connectivity index (χ0v) is 19.3. The third kappa shape index (κ3) is 5.77. The van der Waals surface area contributed by atoms with E-state index in [-0.39, 0.29) is 5.91 Å². The van der Waals surface area contributed by atoms with Gasteiger partial charge in [-0.05, 0) is 69.5 Å². The Labute approximate surface area is 191 Å². The molecule has 3 aromatic rings. The van der Waals surface area contributed by atoms with Crippen molar-refractivity contribution in [2.24, 2.45) is 0 Å². The molecule has 1 N–H and O–H groups in total. The first-order valence-electron chi connectivity index (χ1n) is 10.5. The summed E-state index contributed by atoms with van der Waals surface area (Å²) in [6.45, 7) is 4.28. The van der Waals surface area contributed by atoms with Crippen LogP contribution in [0.3, 0.4) is 0 Å². The van der Waals surface area contributed by atoms with Crippen molar-refractivity contribution in [1.29, 1.82) is 0 Å². The molecule has 162 valence electrons. The Bertz CT molecular complexity index is 984. The molecule has 0 aliphatic carbocycles. The van der Waals surface area contributed by atoms with Crippen molar-refractivity contribution in [2.45, 2.75) is 49.5 Å². The average molecular weight is 455 g/mol. The zero-order chi connectivity index (χ0) is 21.6. The molecule has 2 heterocycles. The van der Waals surface area contributed by atoms with Gasteiger partial charge in [-0.3, -0.25) is 4.79 Å². The van der Waals surface area contributed by atoms with E-state index < -0.39 is 0 Å². The number of thioether (sulfide) groups is 1. The number of ether oxygens (including phenoxy) is 1. The van der Waals surface area contributed by atoms with Gasteiger partial charge in [0, 0.05) is 17.8 Å². The van der Waals surface area contributed by atoms with Crippen LogP contribution in [0.1, 0.15) is 33.1 Å². The molecule has 2 unspecified atom stereocenters. The van der Waals surface area contributed by atoms with Gasteiger partial charge >= 0.3 is 0 Å². The summed E-state index contributed by atoms with van der Waals surface area (Å²) in [6, 6.07) is 18.0. The maximum Gasteiger partial charge on any atom is 0.233 e. The second kappa shape index (κ2) is 10.2. The summed E-state index contributed by atoms with van der Waals surface area (Å²) in [7, 11) is 0. The number of nitrogens with one attached hydrogen (secondary N) is 1. The Kier molecular flexibility index (Phi) is 7.09. The van der Waals surface area contributed by atoms with Crippen LogP contribution in [-0.4, -0.2) is 38.8 Å². The Balaban J connectivity index is 1.29. The summed E-state index contributed by atoms with van der Waals surface area (Å²) in [4.78, 5) is 14.7. The van der Waals surface area contributed by atoms with E-state index in [2.05, 4.69) is 29.4 Å². The number of hydrogen-bond donors (Lipinski definition) is 1. The maximum absolute atomic E-state index is 12.7. The highest BCUT2D eigenvalue weighted by atomic mass is 32.2. The molecule has 4 rings (SSSR count). The lowest BCUT2D eigenvalue weighted by molar-refractivity contribution is -0.134. The lowest BCUT2D eigenvalue weighted by Crippen LogP contribution is -2.48. The first-order valence-corrected chi connectivity index (χ1v) is 12.3. The Hall–Kier alpha value is -2.58. The van der Waals surface area contributed by atoms with E-state index in [9.17, 15) is 4.79 Å². The predicted octanol–water partition coefficient (Wildman–Crippen LogP) is 5.96. The van der Waals surface area contributed by atoms with Gasteiger partial charge in [0.15, 0.2) is 4.34 Å². The SMILES string of the molecule is CC1CCCC(C)N1C(=O)CSc1nnc(Nc2ccc(Oc3ccccc3)cc2)s1. The number of anilines is 2. The van der Waals surface area contributed by atoms with Crippen molar-refractivity contribution in [3.05, 3.63) is 54.6 Å². The molecule has 31 heavy (non-hydrogen) atoms. The van der Waals surface area contributed by atoms with E-state index in [1.54, 1.807) is 0 Å². The van der Waals surface area contributed by atoms with Crippen LogP contribution in [0.15, 0.2) is 58.9 Å². The number of piperidine rings is 1.